The third kappa shape index (κ3) is 4.40. The largest absolute Gasteiger partial charge is 0.435 e. The van der Waals surface area contributed by atoms with Crippen molar-refractivity contribution in [3.8, 4) is 5.75 Å². The van der Waals surface area contributed by atoms with Crippen LogP contribution in [0.15, 0.2) is 24.3 Å². The van der Waals surface area contributed by atoms with Gasteiger partial charge in [-0.15, -0.1) is 0 Å². The zero-order valence-corrected chi connectivity index (χ0v) is 13.0. The average molecular weight is 297 g/mol. The fourth-order valence-electron chi connectivity index (χ4n) is 3.19. The maximum absolute atomic E-state index is 12.3. The maximum Gasteiger partial charge on any atom is 0.387 e. The van der Waals surface area contributed by atoms with E-state index in [9.17, 15) is 8.78 Å². The zero-order valence-electron chi connectivity index (χ0n) is 13.0. The van der Waals surface area contributed by atoms with E-state index in [2.05, 4.69) is 30.8 Å². The number of rotatable bonds is 5. The predicted molar refractivity (Wildman–Crippen MR) is 80.6 cm³/mol. The quantitative estimate of drug-likeness (QED) is 0.845. The average Bonchev–Trinajstić information content (AvgIpc) is 2.43. The summed E-state index contributed by atoms with van der Waals surface area (Å²) in [5, 5.41) is 3.65. The molecule has 0 saturated heterocycles. The Morgan fingerprint density at radius 1 is 1.24 bits per heavy atom. The lowest BCUT2D eigenvalue weighted by Crippen LogP contribution is -2.41. The van der Waals surface area contributed by atoms with E-state index in [1.807, 2.05) is 6.07 Å². The molecule has 0 spiro atoms. The van der Waals surface area contributed by atoms with Gasteiger partial charge in [-0.3, -0.25) is 0 Å². The summed E-state index contributed by atoms with van der Waals surface area (Å²) in [4.78, 5) is 0. The SMILES string of the molecule is CC(NC1CCCC(C)C1C)c1cccc(OC(F)F)c1. The van der Waals surface area contributed by atoms with Gasteiger partial charge >= 0.3 is 6.61 Å². The van der Waals surface area contributed by atoms with Crippen molar-refractivity contribution in [3.63, 3.8) is 0 Å². The van der Waals surface area contributed by atoms with Crippen LogP contribution in [0.25, 0.3) is 0 Å². The maximum atomic E-state index is 12.3. The summed E-state index contributed by atoms with van der Waals surface area (Å²) in [7, 11) is 0. The summed E-state index contributed by atoms with van der Waals surface area (Å²) in [5.74, 6) is 1.60. The summed E-state index contributed by atoms with van der Waals surface area (Å²) in [6.45, 7) is 3.90. The predicted octanol–water partition coefficient (Wildman–Crippen LogP) is 4.76. The van der Waals surface area contributed by atoms with Crippen molar-refractivity contribution in [2.45, 2.75) is 58.7 Å². The van der Waals surface area contributed by atoms with Crippen molar-refractivity contribution in [2.24, 2.45) is 11.8 Å². The molecule has 1 aliphatic rings. The van der Waals surface area contributed by atoms with E-state index >= 15 is 0 Å². The molecule has 4 atom stereocenters. The van der Waals surface area contributed by atoms with Gasteiger partial charge in [-0.25, -0.2) is 0 Å². The van der Waals surface area contributed by atoms with Crippen LogP contribution in [0, 0.1) is 11.8 Å². The molecule has 118 valence electrons. The molecular formula is C17H25F2NO. The minimum atomic E-state index is -2.78. The lowest BCUT2D eigenvalue weighted by molar-refractivity contribution is -0.0499. The molecule has 1 N–H and O–H groups in total. The second kappa shape index (κ2) is 7.21. The van der Waals surface area contributed by atoms with Crippen LogP contribution in [0.5, 0.6) is 5.75 Å². The van der Waals surface area contributed by atoms with Crippen molar-refractivity contribution >= 4 is 0 Å². The number of hydrogen-bond donors (Lipinski definition) is 1. The second-order valence-corrected chi connectivity index (χ2v) is 6.21. The molecule has 1 aromatic carbocycles. The number of ether oxygens (including phenoxy) is 1. The Bertz CT molecular complexity index is 452. The van der Waals surface area contributed by atoms with Gasteiger partial charge in [-0.2, -0.15) is 8.78 Å². The van der Waals surface area contributed by atoms with E-state index in [-0.39, 0.29) is 11.8 Å². The normalized spacial score (nSPS) is 27.6. The number of halogens is 2. The first-order valence-electron chi connectivity index (χ1n) is 7.78. The lowest BCUT2D eigenvalue weighted by atomic mass is 9.77. The van der Waals surface area contributed by atoms with Crippen LogP contribution in [0.2, 0.25) is 0 Å². The molecule has 0 aliphatic heterocycles. The smallest absolute Gasteiger partial charge is 0.387 e. The van der Waals surface area contributed by atoms with Crippen molar-refractivity contribution in [3.05, 3.63) is 29.8 Å². The first kappa shape index (κ1) is 16.2. The molecule has 0 aromatic heterocycles. The molecule has 4 unspecified atom stereocenters. The van der Waals surface area contributed by atoms with E-state index in [0.717, 1.165) is 11.5 Å². The van der Waals surface area contributed by atoms with Crippen LogP contribution in [0.4, 0.5) is 8.78 Å². The molecule has 4 heteroatoms. The van der Waals surface area contributed by atoms with Gasteiger partial charge in [-0.05, 0) is 42.9 Å². The van der Waals surface area contributed by atoms with Gasteiger partial charge in [0.05, 0.1) is 0 Å². The molecule has 0 bridgehead atoms. The Kier molecular flexibility index (Phi) is 5.57. The highest BCUT2D eigenvalue weighted by Gasteiger charge is 2.28. The number of benzene rings is 1. The summed E-state index contributed by atoms with van der Waals surface area (Å²) in [6.07, 6.45) is 3.74. The Labute approximate surface area is 125 Å². The fraction of sp³-hybridized carbons (Fsp3) is 0.647. The summed E-state index contributed by atoms with van der Waals surface area (Å²) in [6, 6.07) is 7.59. The molecule has 0 amide bonds. The monoisotopic (exact) mass is 297 g/mol. The third-order valence-electron chi connectivity index (χ3n) is 4.75. The van der Waals surface area contributed by atoms with Gasteiger partial charge in [-0.1, -0.05) is 38.8 Å². The summed E-state index contributed by atoms with van der Waals surface area (Å²) in [5.41, 5.74) is 0.985. The fourth-order valence-corrected chi connectivity index (χ4v) is 3.19. The van der Waals surface area contributed by atoms with Gasteiger partial charge in [0.25, 0.3) is 0 Å². The molecule has 2 rings (SSSR count). The highest BCUT2D eigenvalue weighted by atomic mass is 19.3. The number of nitrogens with one attached hydrogen (secondary N) is 1. The zero-order chi connectivity index (χ0) is 15.4. The Morgan fingerprint density at radius 3 is 2.71 bits per heavy atom. The Balaban J connectivity index is 2.01. The van der Waals surface area contributed by atoms with Crippen LogP contribution < -0.4 is 10.1 Å². The molecule has 1 fully saturated rings. The van der Waals surface area contributed by atoms with Crippen LogP contribution >= 0.6 is 0 Å². The van der Waals surface area contributed by atoms with Crippen molar-refractivity contribution in [2.75, 3.05) is 0 Å². The van der Waals surface area contributed by atoms with Crippen LogP contribution in [0.3, 0.4) is 0 Å². The van der Waals surface area contributed by atoms with E-state index in [1.165, 1.54) is 19.3 Å². The minimum Gasteiger partial charge on any atom is -0.435 e. The second-order valence-electron chi connectivity index (χ2n) is 6.21. The van der Waals surface area contributed by atoms with Crippen molar-refractivity contribution in [1.82, 2.24) is 5.32 Å². The molecule has 1 aliphatic carbocycles. The highest BCUT2D eigenvalue weighted by molar-refractivity contribution is 5.30. The van der Waals surface area contributed by atoms with E-state index in [4.69, 9.17) is 0 Å². The third-order valence-corrected chi connectivity index (χ3v) is 4.75. The Hall–Kier alpha value is -1.16. The molecule has 0 radical (unpaired) electrons. The van der Waals surface area contributed by atoms with Crippen LogP contribution in [-0.2, 0) is 0 Å². The van der Waals surface area contributed by atoms with Crippen molar-refractivity contribution in [1.29, 1.82) is 0 Å². The Morgan fingerprint density at radius 2 is 2.00 bits per heavy atom. The first-order chi connectivity index (χ1) is 9.97. The van der Waals surface area contributed by atoms with Gasteiger partial charge < -0.3 is 10.1 Å². The molecule has 1 saturated carbocycles. The van der Waals surface area contributed by atoms with E-state index < -0.39 is 6.61 Å². The summed E-state index contributed by atoms with van der Waals surface area (Å²) < 4.78 is 29.0. The molecule has 2 nitrogen and oxygen atoms in total. The topological polar surface area (TPSA) is 21.3 Å². The lowest BCUT2D eigenvalue weighted by Gasteiger charge is -2.36. The highest BCUT2D eigenvalue weighted by Crippen LogP contribution is 2.31. The molecular weight excluding hydrogens is 272 g/mol. The van der Waals surface area contributed by atoms with E-state index in [0.29, 0.717) is 12.0 Å². The van der Waals surface area contributed by atoms with Crippen LogP contribution in [0.1, 0.15) is 51.6 Å². The molecule has 21 heavy (non-hydrogen) atoms. The molecule has 1 aromatic rings. The van der Waals surface area contributed by atoms with Gasteiger partial charge in [0.2, 0.25) is 0 Å². The minimum absolute atomic E-state index is 0.129. The van der Waals surface area contributed by atoms with Gasteiger partial charge in [0.15, 0.2) is 0 Å². The summed E-state index contributed by atoms with van der Waals surface area (Å²) >= 11 is 0. The first-order valence-corrected chi connectivity index (χ1v) is 7.78. The van der Waals surface area contributed by atoms with Crippen molar-refractivity contribution < 1.29 is 13.5 Å². The van der Waals surface area contributed by atoms with Gasteiger partial charge in [0, 0.05) is 12.1 Å². The van der Waals surface area contributed by atoms with Crippen LogP contribution in [-0.4, -0.2) is 12.7 Å². The number of hydrogen-bond acceptors (Lipinski definition) is 2. The number of alkyl halides is 2. The van der Waals surface area contributed by atoms with Gasteiger partial charge in [0.1, 0.15) is 5.75 Å². The van der Waals surface area contributed by atoms with E-state index in [1.54, 1.807) is 18.2 Å². The molecule has 0 heterocycles. The standard InChI is InChI=1S/C17H25F2NO/c1-11-6-4-9-16(12(11)2)20-13(3)14-7-5-8-15(10-14)21-17(18)19/h5,7-8,10-13,16-17,20H,4,6,9H2,1-3H3.